The maximum atomic E-state index is 13.8. The van der Waals surface area contributed by atoms with Gasteiger partial charge in [0.1, 0.15) is 5.82 Å². The zero-order valence-electron chi connectivity index (χ0n) is 14.6. The molecule has 3 rings (SSSR count). The van der Waals surface area contributed by atoms with Crippen LogP contribution in [0.5, 0.6) is 0 Å². The second-order valence-corrected chi connectivity index (χ2v) is 7.81. The molecule has 0 aliphatic heterocycles. The van der Waals surface area contributed by atoms with E-state index in [9.17, 15) is 14.0 Å². The number of amides is 2. The van der Waals surface area contributed by atoms with Crippen LogP contribution in [0.3, 0.4) is 0 Å². The number of aryl methyl sites for hydroxylation is 2. The first-order valence-electron chi connectivity index (χ1n) is 8.25. The highest BCUT2D eigenvalue weighted by atomic mass is 32.1. The number of hydrogen-bond acceptors (Lipinski definition) is 3. The number of nitrogens with zero attached hydrogens (tertiary/aromatic N) is 1. The molecule has 25 heavy (non-hydrogen) atoms. The van der Waals surface area contributed by atoms with Crippen molar-refractivity contribution in [2.24, 2.45) is 5.92 Å². The molecule has 0 saturated carbocycles. The topological polar surface area (TPSA) is 49.4 Å². The number of carbonyl (C=O) groups excluding carboxylic acids is 2. The predicted molar refractivity (Wildman–Crippen MR) is 97.6 cm³/mol. The summed E-state index contributed by atoms with van der Waals surface area (Å²) in [7, 11) is 3.46. The van der Waals surface area contributed by atoms with E-state index in [2.05, 4.69) is 5.32 Å². The highest BCUT2D eigenvalue weighted by Crippen LogP contribution is 2.33. The lowest BCUT2D eigenvalue weighted by Gasteiger charge is -2.21. The first-order valence-corrected chi connectivity index (χ1v) is 9.07. The van der Waals surface area contributed by atoms with Crippen molar-refractivity contribution in [2.45, 2.75) is 26.2 Å². The molecular weight excluding hydrogens is 339 g/mol. The van der Waals surface area contributed by atoms with E-state index in [1.807, 2.05) is 13.0 Å². The van der Waals surface area contributed by atoms with Crippen molar-refractivity contribution in [1.82, 2.24) is 4.90 Å². The van der Waals surface area contributed by atoms with E-state index in [0.717, 1.165) is 17.5 Å². The van der Waals surface area contributed by atoms with Crippen LogP contribution in [-0.2, 0) is 17.6 Å². The smallest absolute Gasteiger partial charge is 0.263 e. The van der Waals surface area contributed by atoms with Gasteiger partial charge in [0, 0.05) is 24.9 Å². The highest BCUT2D eigenvalue weighted by molar-refractivity contribution is 7.14. The maximum absolute atomic E-state index is 13.8. The fourth-order valence-electron chi connectivity index (χ4n) is 3.04. The Morgan fingerprint density at radius 3 is 2.76 bits per heavy atom. The lowest BCUT2D eigenvalue weighted by Crippen LogP contribution is -2.28. The lowest BCUT2D eigenvalue weighted by molar-refractivity contribution is -0.120. The molecule has 2 amide bonds. The Bertz CT molecular complexity index is 829. The number of halogens is 1. The van der Waals surface area contributed by atoms with Gasteiger partial charge in [-0.15, -0.1) is 11.3 Å². The fourth-order valence-corrected chi connectivity index (χ4v) is 4.27. The number of nitrogens with one attached hydrogen (secondary N) is 1. The number of rotatable bonds is 3. The van der Waals surface area contributed by atoms with Gasteiger partial charge in [-0.2, -0.15) is 0 Å². The van der Waals surface area contributed by atoms with Gasteiger partial charge >= 0.3 is 0 Å². The van der Waals surface area contributed by atoms with Crippen LogP contribution in [-0.4, -0.2) is 30.8 Å². The minimum atomic E-state index is -0.426. The zero-order chi connectivity index (χ0) is 18.1. The molecule has 2 aromatic rings. The van der Waals surface area contributed by atoms with Crippen molar-refractivity contribution >= 4 is 28.8 Å². The summed E-state index contributed by atoms with van der Waals surface area (Å²) in [6, 6.07) is 6.57. The minimum absolute atomic E-state index is 0.0118. The molecule has 1 aliphatic carbocycles. The molecule has 1 N–H and O–H groups in total. The molecule has 132 valence electrons. The van der Waals surface area contributed by atoms with E-state index in [4.69, 9.17) is 0 Å². The molecule has 1 aromatic heterocycles. The first-order chi connectivity index (χ1) is 11.8. The van der Waals surface area contributed by atoms with E-state index >= 15 is 0 Å². The Morgan fingerprint density at radius 2 is 2.04 bits per heavy atom. The van der Waals surface area contributed by atoms with Crippen LogP contribution in [0.2, 0.25) is 0 Å². The van der Waals surface area contributed by atoms with Crippen LogP contribution >= 0.6 is 11.3 Å². The van der Waals surface area contributed by atoms with E-state index < -0.39 is 5.82 Å². The summed E-state index contributed by atoms with van der Waals surface area (Å²) in [4.78, 5) is 28.1. The van der Waals surface area contributed by atoms with E-state index in [-0.39, 0.29) is 23.4 Å². The third kappa shape index (κ3) is 3.74. The largest absolute Gasteiger partial charge is 0.344 e. The van der Waals surface area contributed by atoms with Crippen molar-refractivity contribution in [1.29, 1.82) is 0 Å². The van der Waals surface area contributed by atoms with E-state index in [1.54, 1.807) is 31.1 Å². The number of anilines is 1. The summed E-state index contributed by atoms with van der Waals surface area (Å²) in [6.07, 6.45) is 2.07. The molecule has 0 radical (unpaired) electrons. The summed E-state index contributed by atoms with van der Waals surface area (Å²) in [6.45, 7) is 1.86. The number of benzene rings is 1. The molecule has 0 fully saturated rings. The number of thiophene rings is 1. The summed E-state index contributed by atoms with van der Waals surface area (Å²) in [5.41, 5.74) is 2.18. The molecule has 6 heteroatoms. The van der Waals surface area contributed by atoms with Gasteiger partial charge < -0.3 is 10.2 Å². The Morgan fingerprint density at radius 1 is 1.28 bits per heavy atom. The van der Waals surface area contributed by atoms with Gasteiger partial charge in [0.2, 0.25) is 5.91 Å². The van der Waals surface area contributed by atoms with Crippen LogP contribution in [0.1, 0.15) is 32.1 Å². The van der Waals surface area contributed by atoms with Crippen molar-refractivity contribution in [2.75, 3.05) is 19.4 Å². The maximum Gasteiger partial charge on any atom is 0.263 e. The van der Waals surface area contributed by atoms with Crippen molar-refractivity contribution in [3.8, 4) is 0 Å². The van der Waals surface area contributed by atoms with Crippen LogP contribution in [0, 0.1) is 18.7 Å². The van der Waals surface area contributed by atoms with Crippen LogP contribution in [0.25, 0.3) is 0 Å². The Kier molecular flexibility index (Phi) is 4.90. The average Bonchev–Trinajstić information content (AvgIpc) is 3.00. The zero-order valence-corrected chi connectivity index (χ0v) is 15.4. The SMILES string of the molecule is Cc1ccc(F)c(NC(=O)[C@@H]2CCc3sc(C(=O)N(C)C)cc3C2)c1. The average molecular weight is 360 g/mol. The molecule has 0 bridgehead atoms. The molecule has 0 spiro atoms. The van der Waals surface area contributed by atoms with Gasteiger partial charge in [-0.1, -0.05) is 6.07 Å². The summed E-state index contributed by atoms with van der Waals surface area (Å²) in [5.74, 6) is -0.807. The normalized spacial score (nSPS) is 16.2. The van der Waals surface area contributed by atoms with Crippen molar-refractivity contribution < 1.29 is 14.0 Å². The number of hydrogen-bond donors (Lipinski definition) is 1. The number of fused-ring (bicyclic) bond motifs is 1. The van der Waals surface area contributed by atoms with Gasteiger partial charge in [-0.25, -0.2) is 4.39 Å². The molecule has 0 saturated heterocycles. The van der Waals surface area contributed by atoms with Gasteiger partial charge in [0.25, 0.3) is 5.91 Å². The second kappa shape index (κ2) is 6.96. The van der Waals surface area contributed by atoms with Gasteiger partial charge in [-0.05, 0) is 55.5 Å². The molecule has 1 aliphatic rings. The molecule has 1 heterocycles. The Balaban J connectivity index is 1.73. The Labute approximate surface area is 150 Å². The fraction of sp³-hybridized carbons (Fsp3) is 0.368. The van der Waals surface area contributed by atoms with Crippen LogP contribution in [0.15, 0.2) is 24.3 Å². The van der Waals surface area contributed by atoms with Crippen LogP contribution < -0.4 is 5.32 Å². The standard InChI is InChI=1S/C19H21FN2O2S/c1-11-4-6-14(20)15(8-11)21-18(23)12-5-7-16-13(9-12)10-17(25-16)19(24)22(2)3/h4,6,8,10,12H,5,7,9H2,1-3H3,(H,21,23)/t12-/m1/s1. The third-order valence-corrected chi connectivity index (χ3v) is 5.68. The van der Waals surface area contributed by atoms with Crippen LogP contribution in [0.4, 0.5) is 10.1 Å². The summed E-state index contributed by atoms with van der Waals surface area (Å²) >= 11 is 1.51. The molecular formula is C19H21FN2O2S. The van der Waals surface area contributed by atoms with Crippen molar-refractivity contribution in [3.05, 3.63) is 51.0 Å². The van der Waals surface area contributed by atoms with Gasteiger partial charge in [0.15, 0.2) is 0 Å². The number of carbonyl (C=O) groups is 2. The molecule has 4 nitrogen and oxygen atoms in total. The summed E-state index contributed by atoms with van der Waals surface area (Å²) < 4.78 is 13.8. The summed E-state index contributed by atoms with van der Waals surface area (Å²) in [5, 5.41) is 2.71. The monoisotopic (exact) mass is 360 g/mol. The second-order valence-electron chi connectivity index (χ2n) is 6.67. The van der Waals surface area contributed by atoms with E-state index in [1.165, 1.54) is 22.3 Å². The Hall–Kier alpha value is -2.21. The highest BCUT2D eigenvalue weighted by Gasteiger charge is 2.28. The third-order valence-electron chi connectivity index (χ3n) is 4.45. The quantitative estimate of drug-likeness (QED) is 0.908. The predicted octanol–water partition coefficient (Wildman–Crippen LogP) is 3.64. The molecule has 0 unspecified atom stereocenters. The van der Waals surface area contributed by atoms with Gasteiger partial charge in [-0.3, -0.25) is 9.59 Å². The molecule has 1 atom stereocenters. The molecule has 1 aromatic carbocycles. The first kappa shape index (κ1) is 17.6. The lowest BCUT2D eigenvalue weighted by atomic mass is 9.87. The van der Waals surface area contributed by atoms with Gasteiger partial charge in [0.05, 0.1) is 10.6 Å². The van der Waals surface area contributed by atoms with Crippen molar-refractivity contribution in [3.63, 3.8) is 0 Å². The minimum Gasteiger partial charge on any atom is -0.344 e. The van der Waals surface area contributed by atoms with E-state index in [0.29, 0.717) is 17.7 Å².